The van der Waals surface area contributed by atoms with Crippen molar-refractivity contribution in [1.82, 2.24) is 4.90 Å². The minimum atomic E-state index is -0.999. The average Bonchev–Trinajstić information content (AvgIpc) is 3.13. The SMILES string of the molecule is CCOC(=O)CCC(C)N1CC23C=CC(O2)C(C(=O)O)C3C1=O. The number of carboxylic acids is 1. The van der Waals surface area contributed by atoms with Gasteiger partial charge in [0, 0.05) is 12.5 Å². The largest absolute Gasteiger partial charge is 0.481 e. The first-order chi connectivity index (χ1) is 10.9. The number of rotatable bonds is 6. The molecule has 0 aromatic rings. The Kier molecular flexibility index (Phi) is 3.91. The number of aliphatic carboxylic acids is 1. The zero-order valence-electron chi connectivity index (χ0n) is 13.2. The Morgan fingerprint density at radius 3 is 2.96 bits per heavy atom. The first-order valence-corrected chi connectivity index (χ1v) is 7.95. The molecule has 5 unspecified atom stereocenters. The molecule has 3 rings (SSSR count). The van der Waals surface area contributed by atoms with Gasteiger partial charge >= 0.3 is 11.9 Å². The fraction of sp³-hybridized carbons (Fsp3) is 0.688. The molecule has 0 radical (unpaired) electrons. The normalized spacial score (nSPS) is 35.5. The van der Waals surface area contributed by atoms with E-state index >= 15 is 0 Å². The lowest BCUT2D eigenvalue weighted by molar-refractivity contribution is -0.148. The van der Waals surface area contributed by atoms with Crippen LogP contribution in [0.15, 0.2) is 12.2 Å². The van der Waals surface area contributed by atoms with Crippen molar-refractivity contribution in [3.8, 4) is 0 Å². The molecule has 2 bridgehead atoms. The van der Waals surface area contributed by atoms with E-state index in [2.05, 4.69) is 0 Å². The van der Waals surface area contributed by atoms with Crippen molar-refractivity contribution in [2.45, 2.75) is 44.4 Å². The van der Waals surface area contributed by atoms with Gasteiger partial charge in [0.25, 0.3) is 0 Å². The van der Waals surface area contributed by atoms with E-state index in [1.54, 1.807) is 17.9 Å². The summed E-state index contributed by atoms with van der Waals surface area (Å²) < 4.78 is 10.7. The van der Waals surface area contributed by atoms with Gasteiger partial charge in [0.15, 0.2) is 0 Å². The lowest BCUT2D eigenvalue weighted by atomic mass is 9.77. The Hall–Kier alpha value is -1.89. The number of amides is 1. The first-order valence-electron chi connectivity index (χ1n) is 7.95. The second-order valence-electron chi connectivity index (χ2n) is 6.40. The highest BCUT2D eigenvalue weighted by atomic mass is 16.5. The van der Waals surface area contributed by atoms with Crippen molar-refractivity contribution < 1.29 is 29.0 Å². The molecule has 3 aliphatic rings. The molecule has 3 heterocycles. The molecular formula is C16H21NO6. The van der Waals surface area contributed by atoms with Crippen molar-refractivity contribution in [3.63, 3.8) is 0 Å². The lowest BCUT2D eigenvalue weighted by Gasteiger charge is -2.27. The smallest absolute Gasteiger partial charge is 0.310 e. The molecule has 23 heavy (non-hydrogen) atoms. The second-order valence-corrected chi connectivity index (χ2v) is 6.40. The van der Waals surface area contributed by atoms with Crippen LogP contribution < -0.4 is 0 Å². The molecule has 2 fully saturated rings. The maximum atomic E-state index is 12.7. The van der Waals surface area contributed by atoms with Gasteiger partial charge in [-0.1, -0.05) is 12.2 Å². The number of fused-ring (bicyclic) bond motifs is 1. The molecule has 5 atom stereocenters. The van der Waals surface area contributed by atoms with Gasteiger partial charge in [-0.25, -0.2) is 0 Å². The van der Waals surface area contributed by atoms with Gasteiger partial charge < -0.3 is 19.5 Å². The van der Waals surface area contributed by atoms with Crippen LogP contribution in [0.4, 0.5) is 0 Å². The highest BCUT2D eigenvalue weighted by Crippen LogP contribution is 2.52. The third kappa shape index (κ3) is 2.43. The van der Waals surface area contributed by atoms with Crippen molar-refractivity contribution in [3.05, 3.63) is 12.2 Å². The molecule has 1 spiro atoms. The molecule has 1 amide bonds. The highest BCUT2D eigenvalue weighted by Gasteiger charge is 2.67. The minimum Gasteiger partial charge on any atom is -0.481 e. The monoisotopic (exact) mass is 323 g/mol. The predicted octanol–water partition coefficient (Wildman–Crippen LogP) is 0.585. The van der Waals surface area contributed by atoms with E-state index in [9.17, 15) is 19.5 Å². The summed E-state index contributed by atoms with van der Waals surface area (Å²) in [5.74, 6) is -2.97. The highest BCUT2D eigenvalue weighted by molar-refractivity contribution is 5.91. The number of nitrogens with zero attached hydrogens (tertiary/aromatic N) is 1. The van der Waals surface area contributed by atoms with Gasteiger partial charge in [-0.15, -0.1) is 0 Å². The van der Waals surface area contributed by atoms with Crippen molar-refractivity contribution in [2.75, 3.05) is 13.2 Å². The molecule has 0 aliphatic carbocycles. The summed E-state index contributed by atoms with van der Waals surface area (Å²) in [6.45, 7) is 4.29. The zero-order chi connectivity index (χ0) is 16.8. The van der Waals surface area contributed by atoms with Crippen LogP contribution in [0, 0.1) is 11.8 Å². The van der Waals surface area contributed by atoms with Crippen molar-refractivity contribution >= 4 is 17.8 Å². The third-order valence-corrected chi connectivity index (χ3v) is 5.02. The van der Waals surface area contributed by atoms with E-state index in [1.807, 2.05) is 13.0 Å². The number of esters is 1. The summed E-state index contributed by atoms with van der Waals surface area (Å²) in [6, 6.07) is -0.169. The Bertz CT molecular complexity index is 573. The van der Waals surface area contributed by atoms with Gasteiger partial charge in [0.05, 0.1) is 25.2 Å². The lowest BCUT2D eigenvalue weighted by Crippen LogP contribution is -2.40. The average molecular weight is 323 g/mol. The van der Waals surface area contributed by atoms with Crippen molar-refractivity contribution in [2.24, 2.45) is 11.8 Å². The Morgan fingerprint density at radius 2 is 2.30 bits per heavy atom. The van der Waals surface area contributed by atoms with Crippen LogP contribution in [0.1, 0.15) is 26.7 Å². The second kappa shape index (κ2) is 5.63. The van der Waals surface area contributed by atoms with E-state index < -0.39 is 29.5 Å². The van der Waals surface area contributed by atoms with Crippen LogP contribution >= 0.6 is 0 Å². The molecule has 7 heteroatoms. The predicted molar refractivity (Wildman–Crippen MR) is 78.4 cm³/mol. The van der Waals surface area contributed by atoms with Crippen LogP contribution in [0.2, 0.25) is 0 Å². The fourth-order valence-electron chi connectivity index (χ4n) is 3.90. The van der Waals surface area contributed by atoms with E-state index in [-0.39, 0.29) is 24.3 Å². The van der Waals surface area contributed by atoms with Gasteiger partial charge in [-0.3, -0.25) is 14.4 Å². The number of carbonyl (C=O) groups is 3. The summed E-state index contributed by atoms with van der Waals surface area (Å²) >= 11 is 0. The molecule has 0 saturated carbocycles. The number of likely N-dealkylation sites (tertiary alicyclic amines) is 1. The number of ether oxygens (including phenoxy) is 2. The molecule has 0 aromatic carbocycles. The van der Waals surface area contributed by atoms with E-state index in [1.165, 1.54) is 0 Å². The number of carbonyl (C=O) groups excluding carboxylic acids is 2. The molecule has 126 valence electrons. The number of carboxylic acid groups (broad SMARTS) is 1. The number of hydrogen-bond acceptors (Lipinski definition) is 5. The van der Waals surface area contributed by atoms with E-state index in [0.29, 0.717) is 19.6 Å². The van der Waals surface area contributed by atoms with Crippen LogP contribution in [-0.2, 0) is 23.9 Å². The quantitative estimate of drug-likeness (QED) is 0.568. The third-order valence-electron chi connectivity index (χ3n) is 5.02. The molecule has 1 N–H and O–H groups in total. The Morgan fingerprint density at radius 1 is 1.57 bits per heavy atom. The standard InChI is InChI=1S/C16H21NO6/c1-3-22-11(18)5-4-9(2)17-8-16-7-6-10(23-16)12(15(20)21)13(16)14(17)19/h6-7,9-10,12-13H,3-5,8H2,1-2H3,(H,20,21). The summed E-state index contributed by atoms with van der Waals surface area (Å²) in [5, 5.41) is 9.41. The topological polar surface area (TPSA) is 93.1 Å². The zero-order valence-corrected chi connectivity index (χ0v) is 13.2. The first kappa shape index (κ1) is 16.0. The molecule has 3 aliphatic heterocycles. The molecule has 0 aromatic heterocycles. The van der Waals surface area contributed by atoms with Crippen LogP contribution in [0.25, 0.3) is 0 Å². The summed E-state index contributed by atoms with van der Waals surface area (Å²) in [7, 11) is 0. The van der Waals surface area contributed by atoms with Crippen LogP contribution in [0.3, 0.4) is 0 Å². The molecule has 7 nitrogen and oxygen atoms in total. The summed E-state index contributed by atoms with van der Waals surface area (Å²) in [5.41, 5.74) is -0.816. The molecular weight excluding hydrogens is 302 g/mol. The summed E-state index contributed by atoms with van der Waals surface area (Å²) in [4.78, 5) is 37.3. The van der Waals surface area contributed by atoms with Crippen LogP contribution in [0.5, 0.6) is 0 Å². The van der Waals surface area contributed by atoms with Gasteiger partial charge in [0.2, 0.25) is 5.91 Å². The van der Waals surface area contributed by atoms with Gasteiger partial charge in [-0.05, 0) is 20.3 Å². The fourth-order valence-corrected chi connectivity index (χ4v) is 3.90. The Balaban J connectivity index is 1.70. The van der Waals surface area contributed by atoms with E-state index in [0.717, 1.165) is 0 Å². The van der Waals surface area contributed by atoms with Crippen molar-refractivity contribution in [1.29, 1.82) is 0 Å². The number of hydrogen-bond donors (Lipinski definition) is 1. The van der Waals surface area contributed by atoms with Gasteiger partial charge in [-0.2, -0.15) is 0 Å². The molecule has 2 saturated heterocycles. The maximum absolute atomic E-state index is 12.7. The maximum Gasteiger partial charge on any atom is 0.310 e. The van der Waals surface area contributed by atoms with Gasteiger partial charge in [0.1, 0.15) is 11.5 Å². The van der Waals surface area contributed by atoms with E-state index in [4.69, 9.17) is 9.47 Å². The Labute approximate surface area is 134 Å². The van der Waals surface area contributed by atoms with Crippen LogP contribution in [-0.4, -0.2) is 58.8 Å². The summed E-state index contributed by atoms with van der Waals surface area (Å²) in [6.07, 6.45) is 3.78. The minimum absolute atomic E-state index is 0.169.